The predicted molar refractivity (Wildman–Crippen MR) is 109 cm³/mol. The minimum absolute atomic E-state index is 0.150. The minimum Gasteiger partial charge on any atom is -0.356 e. The van der Waals surface area contributed by atoms with Gasteiger partial charge in [-0.15, -0.1) is 0 Å². The summed E-state index contributed by atoms with van der Waals surface area (Å²) in [4.78, 5) is 19.4. The highest BCUT2D eigenvalue weighted by atomic mass is 16.2. The Labute approximate surface area is 159 Å². The van der Waals surface area contributed by atoms with Crippen molar-refractivity contribution >= 4 is 22.5 Å². The second kappa shape index (κ2) is 5.96. The third kappa shape index (κ3) is 2.23. The van der Waals surface area contributed by atoms with E-state index < -0.39 is 5.54 Å². The van der Waals surface area contributed by atoms with Gasteiger partial charge in [0, 0.05) is 35.2 Å². The lowest BCUT2D eigenvalue weighted by atomic mass is 9.82. The van der Waals surface area contributed by atoms with Crippen molar-refractivity contribution < 1.29 is 4.79 Å². The molecule has 4 nitrogen and oxygen atoms in total. The zero-order valence-corrected chi connectivity index (χ0v) is 15.9. The Balaban J connectivity index is 1.72. The highest BCUT2D eigenvalue weighted by molar-refractivity contribution is 6.11. The molecule has 0 unspecified atom stereocenters. The van der Waals surface area contributed by atoms with E-state index in [2.05, 4.69) is 54.5 Å². The van der Waals surface area contributed by atoms with Crippen LogP contribution >= 0.6 is 0 Å². The van der Waals surface area contributed by atoms with Gasteiger partial charge in [0.15, 0.2) is 5.54 Å². The molecule has 3 heterocycles. The molecule has 1 atom stereocenters. The SMILES string of the molecule is CC(C)CCN1C(=O)[C@@]2(NCCc3c2[nH]c2ccccc32)c2ccccc21. The Morgan fingerprint density at radius 1 is 1.11 bits per heavy atom. The van der Waals surface area contributed by atoms with E-state index in [1.165, 1.54) is 10.9 Å². The molecule has 4 heteroatoms. The Kier molecular flexibility index (Phi) is 3.66. The fourth-order valence-electron chi connectivity index (χ4n) is 4.72. The van der Waals surface area contributed by atoms with Crippen LogP contribution < -0.4 is 10.2 Å². The lowest BCUT2D eigenvalue weighted by Gasteiger charge is -2.34. The van der Waals surface area contributed by atoms with Gasteiger partial charge in [0.2, 0.25) is 0 Å². The second-order valence-corrected chi connectivity index (χ2v) is 8.11. The first kappa shape index (κ1) is 16.6. The number of carbonyl (C=O) groups is 1. The largest absolute Gasteiger partial charge is 0.356 e. The van der Waals surface area contributed by atoms with Gasteiger partial charge in [0.1, 0.15) is 0 Å². The minimum atomic E-state index is -0.791. The van der Waals surface area contributed by atoms with Crippen LogP contribution in [-0.4, -0.2) is 24.0 Å². The molecule has 1 amide bonds. The smallest absolute Gasteiger partial charge is 0.258 e. The molecule has 138 valence electrons. The predicted octanol–water partition coefficient (Wildman–Crippen LogP) is 3.95. The third-order valence-electron chi connectivity index (χ3n) is 6.05. The Morgan fingerprint density at radius 2 is 1.89 bits per heavy atom. The Bertz CT molecular complexity index is 1040. The van der Waals surface area contributed by atoms with Crippen LogP contribution in [0.5, 0.6) is 0 Å². The average molecular weight is 359 g/mol. The Hall–Kier alpha value is -2.59. The molecule has 2 aromatic carbocycles. The molecular formula is C23H25N3O. The summed E-state index contributed by atoms with van der Waals surface area (Å²) in [5.41, 5.74) is 4.74. The Morgan fingerprint density at radius 3 is 2.74 bits per heavy atom. The number of rotatable bonds is 3. The normalized spacial score (nSPS) is 21.3. The molecule has 0 bridgehead atoms. The maximum atomic E-state index is 13.8. The van der Waals surface area contributed by atoms with Crippen LogP contribution in [-0.2, 0) is 16.8 Å². The molecule has 5 rings (SSSR count). The number of aromatic amines is 1. The number of benzene rings is 2. The number of aromatic nitrogens is 1. The van der Waals surface area contributed by atoms with E-state index in [4.69, 9.17) is 0 Å². The summed E-state index contributed by atoms with van der Waals surface area (Å²) in [6.07, 6.45) is 1.93. The summed E-state index contributed by atoms with van der Waals surface area (Å²) in [5.74, 6) is 0.710. The van der Waals surface area contributed by atoms with Crippen LogP contribution in [0, 0.1) is 5.92 Å². The molecule has 1 aromatic heterocycles. The maximum absolute atomic E-state index is 13.8. The van der Waals surface area contributed by atoms with E-state index in [9.17, 15) is 4.79 Å². The first-order valence-corrected chi connectivity index (χ1v) is 9.89. The number of hydrogen-bond acceptors (Lipinski definition) is 2. The fourth-order valence-corrected chi connectivity index (χ4v) is 4.72. The van der Waals surface area contributed by atoms with Gasteiger partial charge < -0.3 is 9.88 Å². The summed E-state index contributed by atoms with van der Waals surface area (Å²) >= 11 is 0. The van der Waals surface area contributed by atoms with Crippen molar-refractivity contribution in [2.24, 2.45) is 5.92 Å². The quantitative estimate of drug-likeness (QED) is 0.744. The molecule has 1 spiro atoms. The van der Waals surface area contributed by atoms with Gasteiger partial charge in [-0.1, -0.05) is 50.2 Å². The molecule has 3 aromatic rings. The third-order valence-corrected chi connectivity index (χ3v) is 6.05. The van der Waals surface area contributed by atoms with Gasteiger partial charge in [-0.25, -0.2) is 0 Å². The topological polar surface area (TPSA) is 48.1 Å². The van der Waals surface area contributed by atoms with E-state index in [0.717, 1.165) is 48.4 Å². The zero-order valence-electron chi connectivity index (χ0n) is 15.9. The average Bonchev–Trinajstić information content (AvgIpc) is 3.17. The van der Waals surface area contributed by atoms with Crippen molar-refractivity contribution in [3.63, 3.8) is 0 Å². The van der Waals surface area contributed by atoms with Crippen molar-refractivity contribution in [1.29, 1.82) is 0 Å². The second-order valence-electron chi connectivity index (χ2n) is 8.11. The van der Waals surface area contributed by atoms with Crippen LogP contribution in [0.25, 0.3) is 10.9 Å². The van der Waals surface area contributed by atoms with Crippen molar-refractivity contribution in [2.75, 3.05) is 18.0 Å². The molecule has 0 aliphatic carbocycles. The standard InChI is InChI=1S/C23H25N3O/c1-15(2)12-14-26-20-10-6-4-8-18(20)23(22(26)27)21-17(11-13-24-23)16-7-3-5-9-19(16)25-21/h3-10,15,24-25H,11-14H2,1-2H3/t23-/m1/s1. The van der Waals surface area contributed by atoms with Crippen molar-refractivity contribution in [2.45, 2.75) is 32.2 Å². The summed E-state index contributed by atoms with van der Waals surface area (Å²) in [5, 5.41) is 4.85. The number of hydrogen-bond donors (Lipinski definition) is 2. The highest BCUT2D eigenvalue weighted by Crippen LogP contribution is 2.47. The molecular weight excluding hydrogens is 334 g/mol. The lowest BCUT2D eigenvalue weighted by Crippen LogP contribution is -2.55. The fraction of sp³-hybridized carbons (Fsp3) is 0.348. The molecule has 2 aliphatic heterocycles. The summed E-state index contributed by atoms with van der Waals surface area (Å²) in [6.45, 7) is 5.97. The van der Waals surface area contributed by atoms with Crippen molar-refractivity contribution in [3.05, 3.63) is 65.4 Å². The van der Waals surface area contributed by atoms with Crippen molar-refractivity contribution in [1.82, 2.24) is 10.3 Å². The van der Waals surface area contributed by atoms with E-state index in [1.54, 1.807) is 0 Å². The summed E-state index contributed by atoms with van der Waals surface area (Å²) in [6, 6.07) is 16.6. The van der Waals surface area contributed by atoms with E-state index in [0.29, 0.717) is 5.92 Å². The van der Waals surface area contributed by atoms with Crippen LogP contribution in [0.4, 0.5) is 5.69 Å². The van der Waals surface area contributed by atoms with Gasteiger partial charge >= 0.3 is 0 Å². The van der Waals surface area contributed by atoms with Gasteiger partial charge in [-0.3, -0.25) is 10.1 Å². The summed E-state index contributed by atoms with van der Waals surface area (Å²) in [7, 11) is 0. The summed E-state index contributed by atoms with van der Waals surface area (Å²) < 4.78 is 0. The number of para-hydroxylation sites is 2. The van der Waals surface area contributed by atoms with E-state index in [-0.39, 0.29) is 5.91 Å². The van der Waals surface area contributed by atoms with Gasteiger partial charge in [-0.2, -0.15) is 0 Å². The van der Waals surface area contributed by atoms with Crippen LogP contribution in [0.3, 0.4) is 0 Å². The molecule has 0 fully saturated rings. The van der Waals surface area contributed by atoms with Gasteiger partial charge in [-0.05, 0) is 36.5 Å². The molecule has 2 N–H and O–H groups in total. The monoisotopic (exact) mass is 359 g/mol. The number of fused-ring (bicyclic) bond motifs is 6. The zero-order chi connectivity index (χ0) is 18.6. The maximum Gasteiger partial charge on any atom is 0.258 e. The van der Waals surface area contributed by atoms with Crippen LogP contribution in [0.15, 0.2) is 48.5 Å². The first-order chi connectivity index (χ1) is 13.1. The lowest BCUT2D eigenvalue weighted by molar-refractivity contribution is -0.123. The molecule has 0 radical (unpaired) electrons. The highest BCUT2D eigenvalue weighted by Gasteiger charge is 2.55. The van der Waals surface area contributed by atoms with Crippen LogP contribution in [0.1, 0.15) is 37.1 Å². The van der Waals surface area contributed by atoms with Gasteiger partial charge in [0.05, 0.1) is 5.69 Å². The first-order valence-electron chi connectivity index (χ1n) is 9.89. The molecule has 2 aliphatic rings. The van der Waals surface area contributed by atoms with E-state index in [1.807, 2.05) is 23.1 Å². The number of anilines is 1. The number of nitrogens with zero attached hydrogens (tertiary/aromatic N) is 1. The number of nitrogens with one attached hydrogen (secondary N) is 2. The molecule has 0 saturated carbocycles. The number of carbonyl (C=O) groups excluding carboxylic acids is 1. The number of amides is 1. The van der Waals surface area contributed by atoms with Crippen molar-refractivity contribution in [3.8, 4) is 0 Å². The van der Waals surface area contributed by atoms with Gasteiger partial charge in [0.25, 0.3) is 5.91 Å². The number of H-pyrrole nitrogens is 1. The molecule has 27 heavy (non-hydrogen) atoms. The molecule has 0 saturated heterocycles. The van der Waals surface area contributed by atoms with E-state index >= 15 is 0 Å². The van der Waals surface area contributed by atoms with Crippen LogP contribution in [0.2, 0.25) is 0 Å².